The highest BCUT2D eigenvalue weighted by atomic mass is 16.2. The lowest BCUT2D eigenvalue weighted by molar-refractivity contribution is -0.118. The van der Waals surface area contributed by atoms with Gasteiger partial charge in [-0.05, 0) is 36.8 Å². The second-order valence-corrected chi connectivity index (χ2v) is 6.44. The topological polar surface area (TPSA) is 58.2 Å². The summed E-state index contributed by atoms with van der Waals surface area (Å²) in [6.45, 7) is 1.99. The normalized spacial score (nSPS) is 11.4. The van der Waals surface area contributed by atoms with Gasteiger partial charge in [-0.15, -0.1) is 0 Å². The smallest absolute Gasteiger partial charge is 0.251 e. The largest absolute Gasteiger partial charge is 0.340 e. The van der Waals surface area contributed by atoms with Crippen molar-refractivity contribution in [2.75, 3.05) is 5.32 Å². The summed E-state index contributed by atoms with van der Waals surface area (Å²) in [6, 6.07) is 25.5. The standard InChI is InChI=1S/C23H22N2O2/c1-17-12-14-20(15-13-17)24-23(27)21(16-18-8-4-2-5-9-18)25-22(26)19-10-6-3-7-11-19/h2-15,21H,16H2,1H3,(H,24,27)(H,25,26)/t21-/m0/s1. The van der Waals surface area contributed by atoms with Gasteiger partial charge in [-0.1, -0.05) is 66.2 Å². The van der Waals surface area contributed by atoms with Gasteiger partial charge >= 0.3 is 0 Å². The second-order valence-electron chi connectivity index (χ2n) is 6.44. The Morgan fingerprint density at radius 1 is 0.815 bits per heavy atom. The quantitative estimate of drug-likeness (QED) is 0.700. The average Bonchev–Trinajstić information content (AvgIpc) is 2.70. The average molecular weight is 358 g/mol. The molecular formula is C23H22N2O2. The number of carbonyl (C=O) groups is 2. The van der Waals surface area contributed by atoms with Crippen LogP contribution >= 0.6 is 0 Å². The zero-order chi connectivity index (χ0) is 19.1. The molecule has 3 rings (SSSR count). The molecule has 0 aliphatic carbocycles. The highest BCUT2D eigenvalue weighted by Crippen LogP contribution is 2.11. The van der Waals surface area contributed by atoms with E-state index < -0.39 is 6.04 Å². The molecule has 1 atom stereocenters. The minimum atomic E-state index is -0.679. The van der Waals surface area contributed by atoms with Gasteiger partial charge in [-0.25, -0.2) is 0 Å². The molecule has 0 heterocycles. The molecule has 0 radical (unpaired) electrons. The summed E-state index contributed by atoms with van der Waals surface area (Å²) in [5.41, 5.74) is 3.33. The maximum atomic E-state index is 12.8. The van der Waals surface area contributed by atoms with E-state index in [1.807, 2.05) is 67.6 Å². The Kier molecular flexibility index (Phi) is 6.00. The molecule has 4 nitrogen and oxygen atoms in total. The van der Waals surface area contributed by atoms with Crippen LogP contribution in [0.4, 0.5) is 5.69 Å². The molecule has 0 saturated heterocycles. The van der Waals surface area contributed by atoms with Gasteiger partial charge in [-0.2, -0.15) is 0 Å². The number of hydrogen-bond donors (Lipinski definition) is 2. The summed E-state index contributed by atoms with van der Waals surface area (Å²) in [7, 11) is 0. The number of carbonyl (C=O) groups excluding carboxylic acids is 2. The number of benzene rings is 3. The third kappa shape index (κ3) is 5.28. The van der Waals surface area contributed by atoms with Crippen LogP contribution < -0.4 is 10.6 Å². The number of hydrogen-bond acceptors (Lipinski definition) is 2. The highest BCUT2D eigenvalue weighted by Gasteiger charge is 2.22. The Morgan fingerprint density at radius 3 is 2.04 bits per heavy atom. The number of anilines is 1. The van der Waals surface area contributed by atoms with E-state index in [4.69, 9.17) is 0 Å². The van der Waals surface area contributed by atoms with E-state index in [-0.39, 0.29) is 11.8 Å². The van der Waals surface area contributed by atoms with Gasteiger partial charge < -0.3 is 10.6 Å². The summed E-state index contributed by atoms with van der Waals surface area (Å²) < 4.78 is 0. The molecule has 4 heteroatoms. The Hall–Kier alpha value is -3.40. The van der Waals surface area contributed by atoms with Crippen LogP contribution in [-0.2, 0) is 11.2 Å². The minimum absolute atomic E-state index is 0.244. The van der Waals surface area contributed by atoms with E-state index in [0.717, 1.165) is 11.1 Å². The van der Waals surface area contributed by atoms with Crippen LogP contribution in [0.2, 0.25) is 0 Å². The molecule has 0 aliphatic heterocycles. The molecule has 27 heavy (non-hydrogen) atoms. The Bertz CT molecular complexity index is 891. The minimum Gasteiger partial charge on any atom is -0.340 e. The highest BCUT2D eigenvalue weighted by molar-refractivity contribution is 6.01. The molecule has 0 aliphatic rings. The van der Waals surface area contributed by atoms with Gasteiger partial charge in [0.05, 0.1) is 0 Å². The molecule has 136 valence electrons. The van der Waals surface area contributed by atoms with E-state index in [1.54, 1.807) is 24.3 Å². The molecular weight excluding hydrogens is 336 g/mol. The molecule has 0 saturated carbocycles. The van der Waals surface area contributed by atoms with Crippen molar-refractivity contribution < 1.29 is 9.59 Å². The van der Waals surface area contributed by atoms with Crippen LogP contribution in [0.1, 0.15) is 21.5 Å². The van der Waals surface area contributed by atoms with Crippen molar-refractivity contribution in [3.05, 3.63) is 102 Å². The van der Waals surface area contributed by atoms with Crippen LogP contribution in [0.5, 0.6) is 0 Å². The summed E-state index contributed by atoms with van der Waals surface area (Å²) in [6.07, 6.45) is 0.414. The number of amides is 2. The van der Waals surface area contributed by atoms with E-state index in [2.05, 4.69) is 10.6 Å². The zero-order valence-corrected chi connectivity index (χ0v) is 15.2. The van der Waals surface area contributed by atoms with Gasteiger partial charge in [0.25, 0.3) is 5.91 Å². The third-order valence-electron chi connectivity index (χ3n) is 4.26. The lowest BCUT2D eigenvalue weighted by atomic mass is 10.0. The van der Waals surface area contributed by atoms with E-state index in [1.165, 1.54) is 0 Å². The lowest BCUT2D eigenvalue weighted by Crippen LogP contribution is -2.45. The number of rotatable bonds is 6. The maximum Gasteiger partial charge on any atom is 0.251 e. The zero-order valence-electron chi connectivity index (χ0n) is 15.2. The molecule has 2 N–H and O–H groups in total. The van der Waals surface area contributed by atoms with E-state index in [9.17, 15) is 9.59 Å². The van der Waals surface area contributed by atoms with Gasteiger partial charge in [-0.3, -0.25) is 9.59 Å². The van der Waals surface area contributed by atoms with Crippen molar-refractivity contribution in [2.24, 2.45) is 0 Å². The molecule has 3 aromatic carbocycles. The fourth-order valence-electron chi connectivity index (χ4n) is 2.76. The lowest BCUT2D eigenvalue weighted by Gasteiger charge is -2.19. The van der Waals surface area contributed by atoms with Gasteiger partial charge in [0.2, 0.25) is 5.91 Å². The fraction of sp³-hybridized carbons (Fsp3) is 0.130. The predicted molar refractivity (Wildman–Crippen MR) is 108 cm³/mol. The van der Waals surface area contributed by atoms with E-state index in [0.29, 0.717) is 17.7 Å². The Balaban J connectivity index is 1.77. The summed E-state index contributed by atoms with van der Waals surface area (Å²) in [4.78, 5) is 25.4. The van der Waals surface area contributed by atoms with Crippen LogP contribution in [0.3, 0.4) is 0 Å². The molecule has 2 amide bonds. The maximum absolute atomic E-state index is 12.8. The molecule has 0 bridgehead atoms. The molecule has 3 aromatic rings. The first-order valence-corrected chi connectivity index (χ1v) is 8.89. The van der Waals surface area contributed by atoms with Crippen molar-refractivity contribution in [3.8, 4) is 0 Å². The van der Waals surface area contributed by atoms with Crippen molar-refractivity contribution in [3.63, 3.8) is 0 Å². The SMILES string of the molecule is Cc1ccc(NC(=O)[C@H](Cc2ccccc2)NC(=O)c2ccccc2)cc1. The first-order chi connectivity index (χ1) is 13.1. The van der Waals surface area contributed by atoms with Gasteiger partial charge in [0, 0.05) is 17.7 Å². The van der Waals surface area contributed by atoms with E-state index >= 15 is 0 Å². The Morgan fingerprint density at radius 2 is 1.41 bits per heavy atom. The van der Waals surface area contributed by atoms with Gasteiger partial charge in [0.1, 0.15) is 6.04 Å². The van der Waals surface area contributed by atoms with Crippen molar-refractivity contribution in [1.82, 2.24) is 5.32 Å². The molecule has 0 spiro atoms. The van der Waals surface area contributed by atoms with Crippen LogP contribution in [-0.4, -0.2) is 17.9 Å². The monoisotopic (exact) mass is 358 g/mol. The van der Waals surface area contributed by atoms with Crippen molar-refractivity contribution in [1.29, 1.82) is 0 Å². The summed E-state index contributed by atoms with van der Waals surface area (Å²) >= 11 is 0. The molecule has 0 aromatic heterocycles. The fourth-order valence-corrected chi connectivity index (χ4v) is 2.76. The van der Waals surface area contributed by atoms with Gasteiger partial charge in [0.15, 0.2) is 0 Å². The summed E-state index contributed by atoms with van der Waals surface area (Å²) in [5, 5.41) is 5.75. The second kappa shape index (κ2) is 8.81. The molecule has 0 fully saturated rings. The number of aryl methyl sites for hydroxylation is 1. The Labute approximate surface area is 159 Å². The molecule has 0 unspecified atom stereocenters. The first kappa shape index (κ1) is 18.4. The van der Waals surface area contributed by atoms with Crippen LogP contribution in [0.15, 0.2) is 84.9 Å². The third-order valence-corrected chi connectivity index (χ3v) is 4.26. The van der Waals surface area contributed by atoms with Crippen LogP contribution in [0.25, 0.3) is 0 Å². The van der Waals surface area contributed by atoms with Crippen LogP contribution in [0, 0.1) is 6.92 Å². The van der Waals surface area contributed by atoms with Crippen molar-refractivity contribution >= 4 is 17.5 Å². The summed E-state index contributed by atoms with van der Waals surface area (Å²) in [5.74, 6) is -0.512. The first-order valence-electron chi connectivity index (χ1n) is 8.89. The number of nitrogens with one attached hydrogen (secondary N) is 2. The van der Waals surface area contributed by atoms with Crippen molar-refractivity contribution in [2.45, 2.75) is 19.4 Å². The predicted octanol–water partition coefficient (Wildman–Crippen LogP) is 3.97.